The molecule has 0 fully saturated rings. The Morgan fingerprint density at radius 1 is 1.57 bits per heavy atom. The molecule has 0 aliphatic rings. The summed E-state index contributed by atoms with van der Waals surface area (Å²) in [5.41, 5.74) is 0. The SMILES string of the molecule is CNC(=O)C(C)Oc1cccc(Cl)c1. The van der Waals surface area contributed by atoms with E-state index in [9.17, 15) is 4.79 Å². The second-order valence-electron chi connectivity index (χ2n) is 2.83. The standard InChI is InChI=1S/C10H12ClNO2/c1-7(10(13)12-2)14-9-5-3-4-8(11)6-9/h3-7H,1-2H3,(H,12,13). The number of rotatable bonds is 3. The highest BCUT2D eigenvalue weighted by Crippen LogP contribution is 2.18. The number of nitrogens with one attached hydrogen (secondary N) is 1. The average molecular weight is 214 g/mol. The van der Waals surface area contributed by atoms with Crippen molar-refractivity contribution < 1.29 is 9.53 Å². The first kappa shape index (κ1) is 10.9. The largest absolute Gasteiger partial charge is 0.481 e. The van der Waals surface area contributed by atoms with Gasteiger partial charge in [0.05, 0.1) is 0 Å². The van der Waals surface area contributed by atoms with E-state index in [4.69, 9.17) is 16.3 Å². The predicted molar refractivity (Wildman–Crippen MR) is 55.6 cm³/mol. The molecular weight excluding hydrogens is 202 g/mol. The molecule has 0 aliphatic heterocycles. The predicted octanol–water partition coefficient (Wildman–Crippen LogP) is 1.85. The van der Waals surface area contributed by atoms with Gasteiger partial charge in [0, 0.05) is 12.1 Å². The molecule has 1 rings (SSSR count). The Bertz CT molecular complexity index is 328. The summed E-state index contributed by atoms with van der Waals surface area (Å²) in [5, 5.41) is 3.09. The first-order valence-corrected chi connectivity index (χ1v) is 4.65. The molecular formula is C10H12ClNO2. The van der Waals surface area contributed by atoms with Gasteiger partial charge in [0.25, 0.3) is 5.91 Å². The van der Waals surface area contributed by atoms with Crippen LogP contribution in [0, 0.1) is 0 Å². The van der Waals surface area contributed by atoms with E-state index in [2.05, 4.69) is 5.32 Å². The van der Waals surface area contributed by atoms with Crippen molar-refractivity contribution in [3.8, 4) is 5.75 Å². The van der Waals surface area contributed by atoms with Crippen molar-refractivity contribution in [2.75, 3.05) is 7.05 Å². The molecule has 1 N–H and O–H groups in total. The number of hydrogen-bond donors (Lipinski definition) is 1. The van der Waals surface area contributed by atoms with Gasteiger partial charge in [0.15, 0.2) is 6.10 Å². The zero-order valence-corrected chi connectivity index (χ0v) is 8.84. The van der Waals surface area contributed by atoms with Gasteiger partial charge in [-0.2, -0.15) is 0 Å². The molecule has 1 unspecified atom stereocenters. The van der Waals surface area contributed by atoms with E-state index < -0.39 is 6.10 Å². The Balaban J connectivity index is 2.64. The molecule has 4 heteroatoms. The molecule has 14 heavy (non-hydrogen) atoms. The van der Waals surface area contributed by atoms with Gasteiger partial charge in [-0.15, -0.1) is 0 Å². The molecule has 1 amide bonds. The normalized spacial score (nSPS) is 11.9. The summed E-state index contributed by atoms with van der Waals surface area (Å²) in [6, 6.07) is 6.94. The highest BCUT2D eigenvalue weighted by molar-refractivity contribution is 6.30. The van der Waals surface area contributed by atoms with Crippen molar-refractivity contribution >= 4 is 17.5 Å². The van der Waals surface area contributed by atoms with Crippen LogP contribution >= 0.6 is 11.6 Å². The van der Waals surface area contributed by atoms with Gasteiger partial charge in [0.2, 0.25) is 0 Å². The van der Waals surface area contributed by atoms with Gasteiger partial charge < -0.3 is 10.1 Å². The lowest BCUT2D eigenvalue weighted by Gasteiger charge is -2.12. The van der Waals surface area contributed by atoms with Crippen LogP contribution in [0.15, 0.2) is 24.3 Å². The Labute approximate surface area is 88.0 Å². The van der Waals surface area contributed by atoms with Crippen molar-refractivity contribution in [3.05, 3.63) is 29.3 Å². The van der Waals surface area contributed by atoms with E-state index in [1.165, 1.54) is 0 Å². The van der Waals surface area contributed by atoms with E-state index >= 15 is 0 Å². The minimum Gasteiger partial charge on any atom is -0.481 e. The lowest BCUT2D eigenvalue weighted by molar-refractivity contribution is -0.126. The van der Waals surface area contributed by atoms with Gasteiger partial charge in [-0.05, 0) is 25.1 Å². The molecule has 0 radical (unpaired) electrons. The van der Waals surface area contributed by atoms with Gasteiger partial charge in [-0.1, -0.05) is 17.7 Å². The molecule has 0 aromatic heterocycles. The van der Waals surface area contributed by atoms with Gasteiger partial charge in [0.1, 0.15) is 5.75 Å². The van der Waals surface area contributed by atoms with Crippen LogP contribution in [-0.2, 0) is 4.79 Å². The maximum Gasteiger partial charge on any atom is 0.260 e. The highest BCUT2D eigenvalue weighted by atomic mass is 35.5. The topological polar surface area (TPSA) is 38.3 Å². The Hall–Kier alpha value is -1.22. The van der Waals surface area contributed by atoms with E-state index in [0.717, 1.165) is 0 Å². The van der Waals surface area contributed by atoms with Crippen molar-refractivity contribution in [2.45, 2.75) is 13.0 Å². The number of hydrogen-bond acceptors (Lipinski definition) is 2. The highest BCUT2D eigenvalue weighted by Gasteiger charge is 2.12. The van der Waals surface area contributed by atoms with Gasteiger partial charge >= 0.3 is 0 Å². The van der Waals surface area contributed by atoms with Crippen molar-refractivity contribution in [2.24, 2.45) is 0 Å². The molecule has 1 aromatic carbocycles. The second-order valence-corrected chi connectivity index (χ2v) is 3.27. The number of ether oxygens (including phenoxy) is 1. The number of carbonyl (C=O) groups excluding carboxylic acids is 1. The van der Waals surface area contributed by atoms with Gasteiger partial charge in [-0.25, -0.2) is 0 Å². The van der Waals surface area contributed by atoms with E-state index in [0.29, 0.717) is 10.8 Å². The molecule has 0 saturated heterocycles. The molecule has 76 valence electrons. The van der Waals surface area contributed by atoms with Crippen LogP contribution in [0.3, 0.4) is 0 Å². The smallest absolute Gasteiger partial charge is 0.260 e. The Kier molecular flexibility index (Phi) is 3.77. The number of amides is 1. The Morgan fingerprint density at radius 3 is 2.86 bits per heavy atom. The minimum atomic E-state index is -0.515. The van der Waals surface area contributed by atoms with Gasteiger partial charge in [-0.3, -0.25) is 4.79 Å². The molecule has 1 atom stereocenters. The summed E-state index contributed by atoms with van der Waals surface area (Å²) in [6.45, 7) is 1.68. The number of carbonyl (C=O) groups is 1. The number of likely N-dealkylation sites (N-methyl/N-ethyl adjacent to an activating group) is 1. The maximum atomic E-state index is 11.1. The van der Waals surface area contributed by atoms with Crippen LogP contribution in [0.5, 0.6) is 5.75 Å². The molecule has 0 saturated carbocycles. The molecule has 0 aliphatic carbocycles. The van der Waals surface area contributed by atoms with Crippen LogP contribution in [0.4, 0.5) is 0 Å². The zero-order chi connectivity index (χ0) is 10.6. The van der Waals surface area contributed by atoms with Crippen molar-refractivity contribution in [3.63, 3.8) is 0 Å². The number of benzene rings is 1. The fourth-order valence-electron chi connectivity index (χ4n) is 1.00. The van der Waals surface area contributed by atoms with E-state index in [1.54, 1.807) is 38.2 Å². The van der Waals surface area contributed by atoms with Crippen molar-refractivity contribution in [1.82, 2.24) is 5.32 Å². The zero-order valence-electron chi connectivity index (χ0n) is 8.08. The lowest BCUT2D eigenvalue weighted by atomic mass is 10.3. The summed E-state index contributed by atoms with van der Waals surface area (Å²) in [4.78, 5) is 11.1. The third kappa shape index (κ3) is 2.92. The molecule has 1 aromatic rings. The Morgan fingerprint density at radius 2 is 2.29 bits per heavy atom. The summed E-state index contributed by atoms with van der Waals surface area (Å²) in [6.07, 6.45) is -0.515. The first-order chi connectivity index (χ1) is 6.63. The molecule has 0 spiro atoms. The first-order valence-electron chi connectivity index (χ1n) is 4.27. The third-order valence-corrected chi connectivity index (χ3v) is 1.96. The second kappa shape index (κ2) is 4.86. The van der Waals surface area contributed by atoms with Crippen molar-refractivity contribution in [1.29, 1.82) is 0 Å². The molecule has 3 nitrogen and oxygen atoms in total. The fraction of sp³-hybridized carbons (Fsp3) is 0.300. The van der Waals surface area contributed by atoms with Crippen LogP contribution in [-0.4, -0.2) is 19.1 Å². The summed E-state index contributed by atoms with van der Waals surface area (Å²) < 4.78 is 5.35. The van der Waals surface area contributed by atoms with Crippen LogP contribution in [0.2, 0.25) is 5.02 Å². The molecule has 0 bridgehead atoms. The minimum absolute atomic E-state index is 0.162. The van der Waals surface area contributed by atoms with E-state index in [-0.39, 0.29) is 5.91 Å². The van der Waals surface area contributed by atoms with Crippen LogP contribution in [0.25, 0.3) is 0 Å². The average Bonchev–Trinajstić information content (AvgIpc) is 2.16. The fourth-order valence-corrected chi connectivity index (χ4v) is 1.18. The maximum absolute atomic E-state index is 11.1. The van der Waals surface area contributed by atoms with Crippen LogP contribution in [0.1, 0.15) is 6.92 Å². The quantitative estimate of drug-likeness (QED) is 0.832. The lowest BCUT2D eigenvalue weighted by Crippen LogP contribution is -2.33. The van der Waals surface area contributed by atoms with E-state index in [1.807, 2.05) is 0 Å². The summed E-state index contributed by atoms with van der Waals surface area (Å²) in [7, 11) is 1.57. The number of halogens is 1. The summed E-state index contributed by atoms with van der Waals surface area (Å²) >= 11 is 5.76. The monoisotopic (exact) mass is 213 g/mol. The van der Waals surface area contributed by atoms with Crippen LogP contribution < -0.4 is 10.1 Å². The molecule has 0 heterocycles. The third-order valence-electron chi connectivity index (χ3n) is 1.72. The summed E-state index contributed by atoms with van der Waals surface area (Å²) in [5.74, 6) is 0.429.